The molecule has 0 atom stereocenters. The maximum Gasteiger partial charge on any atom is 0.0733 e. The van der Waals surface area contributed by atoms with Crippen LogP contribution in [0.2, 0.25) is 0 Å². The van der Waals surface area contributed by atoms with E-state index >= 15 is 0 Å². The Morgan fingerprint density at radius 2 is 2.05 bits per heavy atom. The van der Waals surface area contributed by atoms with E-state index in [-0.39, 0.29) is 0 Å². The van der Waals surface area contributed by atoms with Crippen molar-refractivity contribution in [2.24, 2.45) is 7.05 Å². The normalized spacial score (nSPS) is 16.7. The molecule has 2 aromatic heterocycles. The van der Waals surface area contributed by atoms with E-state index < -0.39 is 0 Å². The molecule has 0 amide bonds. The first-order valence-electron chi connectivity index (χ1n) is 6.55. The first-order valence-corrected chi connectivity index (χ1v) is 6.55. The maximum atomic E-state index is 5.35. The van der Waals surface area contributed by atoms with E-state index in [1.165, 1.54) is 5.56 Å². The van der Waals surface area contributed by atoms with Crippen LogP contribution in [0.1, 0.15) is 5.56 Å². The number of aromatic nitrogens is 3. The van der Waals surface area contributed by atoms with Crippen molar-refractivity contribution in [3.63, 3.8) is 0 Å². The lowest BCUT2D eigenvalue weighted by atomic mass is 10.2. The molecule has 0 bridgehead atoms. The number of rotatable bonds is 3. The molecule has 1 aliphatic rings. The van der Waals surface area contributed by atoms with Crippen molar-refractivity contribution in [1.82, 2.24) is 19.7 Å². The highest BCUT2D eigenvalue weighted by Crippen LogP contribution is 2.16. The van der Waals surface area contributed by atoms with E-state index in [1.807, 2.05) is 25.6 Å². The summed E-state index contributed by atoms with van der Waals surface area (Å²) in [5.41, 5.74) is 3.27. The summed E-state index contributed by atoms with van der Waals surface area (Å²) in [6.07, 6.45) is 5.77. The van der Waals surface area contributed by atoms with Gasteiger partial charge < -0.3 is 4.74 Å². The predicted octanol–water partition coefficient (Wildman–Crippen LogP) is 1.31. The molecular formula is C14H18N4O. The molecule has 3 rings (SSSR count). The molecule has 2 aromatic rings. The summed E-state index contributed by atoms with van der Waals surface area (Å²) >= 11 is 0. The molecule has 5 heteroatoms. The number of ether oxygens (including phenoxy) is 1. The molecule has 0 saturated carbocycles. The van der Waals surface area contributed by atoms with Crippen LogP contribution in [0.4, 0.5) is 0 Å². The van der Waals surface area contributed by atoms with Crippen LogP contribution in [0.15, 0.2) is 30.7 Å². The van der Waals surface area contributed by atoms with Crippen LogP contribution in [0.3, 0.4) is 0 Å². The molecule has 0 radical (unpaired) electrons. The second kappa shape index (κ2) is 5.50. The minimum atomic E-state index is 0.835. The van der Waals surface area contributed by atoms with Crippen molar-refractivity contribution in [3.05, 3.63) is 36.3 Å². The van der Waals surface area contributed by atoms with Gasteiger partial charge in [-0.2, -0.15) is 5.10 Å². The second-order valence-corrected chi connectivity index (χ2v) is 4.84. The molecule has 0 N–H and O–H groups in total. The fraction of sp³-hybridized carbons (Fsp3) is 0.429. The van der Waals surface area contributed by atoms with Gasteiger partial charge in [0, 0.05) is 44.6 Å². The van der Waals surface area contributed by atoms with Crippen molar-refractivity contribution < 1.29 is 4.74 Å². The highest BCUT2D eigenvalue weighted by atomic mass is 16.5. The zero-order chi connectivity index (χ0) is 13.1. The first kappa shape index (κ1) is 12.3. The van der Waals surface area contributed by atoms with E-state index in [4.69, 9.17) is 4.74 Å². The lowest BCUT2D eigenvalue weighted by Crippen LogP contribution is -2.35. The van der Waals surface area contributed by atoms with Gasteiger partial charge in [-0.25, -0.2) is 0 Å². The topological polar surface area (TPSA) is 43.2 Å². The highest BCUT2D eigenvalue weighted by molar-refractivity contribution is 5.56. The van der Waals surface area contributed by atoms with Crippen LogP contribution < -0.4 is 0 Å². The zero-order valence-electron chi connectivity index (χ0n) is 11.1. The molecule has 0 unspecified atom stereocenters. The van der Waals surface area contributed by atoms with E-state index in [1.54, 1.807) is 4.68 Å². The lowest BCUT2D eigenvalue weighted by Gasteiger charge is -2.26. The Bertz CT molecular complexity index is 529. The Kier molecular flexibility index (Phi) is 3.57. The summed E-state index contributed by atoms with van der Waals surface area (Å²) in [5.74, 6) is 0. The lowest BCUT2D eigenvalue weighted by molar-refractivity contribution is 0.0341. The third kappa shape index (κ3) is 3.00. The van der Waals surface area contributed by atoms with Crippen molar-refractivity contribution >= 4 is 0 Å². The SMILES string of the molecule is Cn1cc(-c2ccc(CN3CCOCC3)cn2)cn1. The van der Waals surface area contributed by atoms with Gasteiger partial charge in [0.1, 0.15) is 0 Å². The number of morpholine rings is 1. The molecule has 0 aromatic carbocycles. The molecule has 1 aliphatic heterocycles. The fourth-order valence-corrected chi connectivity index (χ4v) is 2.26. The minimum Gasteiger partial charge on any atom is -0.379 e. The van der Waals surface area contributed by atoms with Gasteiger partial charge >= 0.3 is 0 Å². The summed E-state index contributed by atoms with van der Waals surface area (Å²) < 4.78 is 7.14. The van der Waals surface area contributed by atoms with Gasteiger partial charge in [0.2, 0.25) is 0 Å². The molecule has 100 valence electrons. The van der Waals surface area contributed by atoms with Gasteiger partial charge in [0.25, 0.3) is 0 Å². The van der Waals surface area contributed by atoms with Crippen LogP contribution in [0.5, 0.6) is 0 Å². The smallest absolute Gasteiger partial charge is 0.0733 e. The van der Waals surface area contributed by atoms with Gasteiger partial charge in [0.05, 0.1) is 25.1 Å². The number of aryl methyl sites for hydroxylation is 1. The highest BCUT2D eigenvalue weighted by Gasteiger charge is 2.11. The van der Waals surface area contributed by atoms with Crippen LogP contribution in [0.25, 0.3) is 11.3 Å². The quantitative estimate of drug-likeness (QED) is 0.832. The van der Waals surface area contributed by atoms with Crippen LogP contribution in [-0.4, -0.2) is 46.0 Å². The summed E-state index contributed by atoms with van der Waals surface area (Å²) in [4.78, 5) is 6.91. The second-order valence-electron chi connectivity index (χ2n) is 4.84. The molecule has 1 saturated heterocycles. The van der Waals surface area contributed by atoms with E-state index in [9.17, 15) is 0 Å². The van der Waals surface area contributed by atoms with Gasteiger partial charge in [-0.1, -0.05) is 6.07 Å². The summed E-state index contributed by atoms with van der Waals surface area (Å²) in [5, 5.41) is 4.16. The van der Waals surface area contributed by atoms with Crippen molar-refractivity contribution in [2.75, 3.05) is 26.3 Å². The number of hydrogen-bond donors (Lipinski definition) is 0. The number of pyridine rings is 1. The first-order chi connectivity index (χ1) is 9.31. The largest absolute Gasteiger partial charge is 0.379 e. The Labute approximate surface area is 112 Å². The van der Waals surface area contributed by atoms with Crippen molar-refractivity contribution in [1.29, 1.82) is 0 Å². The average Bonchev–Trinajstić information content (AvgIpc) is 2.87. The fourth-order valence-electron chi connectivity index (χ4n) is 2.26. The molecule has 19 heavy (non-hydrogen) atoms. The Hall–Kier alpha value is -1.72. The van der Waals surface area contributed by atoms with Gasteiger partial charge in [-0.05, 0) is 11.6 Å². The van der Waals surface area contributed by atoms with Crippen molar-refractivity contribution in [3.8, 4) is 11.3 Å². The van der Waals surface area contributed by atoms with Crippen LogP contribution in [-0.2, 0) is 18.3 Å². The summed E-state index contributed by atoms with van der Waals surface area (Å²) in [7, 11) is 1.91. The zero-order valence-corrected chi connectivity index (χ0v) is 11.1. The molecule has 0 aliphatic carbocycles. The molecule has 3 heterocycles. The van der Waals surface area contributed by atoms with E-state index in [2.05, 4.69) is 27.1 Å². The van der Waals surface area contributed by atoms with Crippen LogP contribution >= 0.6 is 0 Å². The molecule has 0 spiro atoms. The van der Waals surface area contributed by atoms with Gasteiger partial charge in [-0.3, -0.25) is 14.6 Å². The van der Waals surface area contributed by atoms with Crippen LogP contribution in [0, 0.1) is 0 Å². The molecule has 1 fully saturated rings. The predicted molar refractivity (Wildman–Crippen MR) is 72.5 cm³/mol. The standard InChI is InChI=1S/C14H18N4O/c1-17-11-13(9-16-17)14-3-2-12(8-15-14)10-18-4-6-19-7-5-18/h2-3,8-9,11H,4-7,10H2,1H3. The Morgan fingerprint density at radius 3 is 2.68 bits per heavy atom. The molecule has 5 nitrogen and oxygen atoms in total. The Balaban J connectivity index is 1.68. The van der Waals surface area contributed by atoms with Gasteiger partial charge in [-0.15, -0.1) is 0 Å². The van der Waals surface area contributed by atoms with E-state index in [0.717, 1.165) is 44.1 Å². The monoisotopic (exact) mass is 258 g/mol. The molecular weight excluding hydrogens is 240 g/mol. The van der Waals surface area contributed by atoms with Crippen molar-refractivity contribution in [2.45, 2.75) is 6.54 Å². The third-order valence-electron chi connectivity index (χ3n) is 3.34. The summed E-state index contributed by atoms with van der Waals surface area (Å²) in [6, 6.07) is 4.21. The third-order valence-corrected chi connectivity index (χ3v) is 3.34. The van der Waals surface area contributed by atoms with Gasteiger partial charge in [0.15, 0.2) is 0 Å². The Morgan fingerprint density at radius 1 is 1.21 bits per heavy atom. The minimum absolute atomic E-state index is 0.835. The number of hydrogen-bond acceptors (Lipinski definition) is 4. The summed E-state index contributed by atoms with van der Waals surface area (Å²) in [6.45, 7) is 4.63. The average molecular weight is 258 g/mol. The maximum absolute atomic E-state index is 5.35. The van der Waals surface area contributed by atoms with E-state index in [0.29, 0.717) is 0 Å². The number of nitrogens with zero attached hydrogens (tertiary/aromatic N) is 4.